The molecule has 7 rings (SSSR count). The predicted molar refractivity (Wildman–Crippen MR) is 122 cm³/mol. The van der Waals surface area contributed by atoms with Crippen LogP contribution in [0.3, 0.4) is 0 Å². The molecule has 15 heteroatoms. The Morgan fingerprint density at radius 2 is 1.89 bits per heavy atom. The summed E-state index contributed by atoms with van der Waals surface area (Å²) < 4.78 is 44.4. The number of carbonyl (C=O) groups is 1. The van der Waals surface area contributed by atoms with Crippen molar-refractivity contribution in [3.8, 4) is 11.5 Å². The number of nitrogens with two attached hydrogens (primary N) is 1. The topological polar surface area (TPSA) is 163 Å². The fourth-order valence-electron chi connectivity index (χ4n) is 4.89. The molecule has 4 aliphatic rings. The second kappa shape index (κ2) is 7.22. The Balaban J connectivity index is 1.20. The number of aromatic nitrogens is 4. The average molecular weight is 518 g/mol. The third-order valence-electron chi connectivity index (χ3n) is 6.35. The number of rotatable bonds is 4. The molecule has 1 spiro atoms. The van der Waals surface area contributed by atoms with Crippen LogP contribution in [0.1, 0.15) is 20.1 Å². The van der Waals surface area contributed by atoms with Crippen LogP contribution in [0.2, 0.25) is 0 Å². The number of anilines is 1. The number of imidazole rings is 1. The summed E-state index contributed by atoms with van der Waals surface area (Å²) in [6.45, 7) is 3.43. The van der Waals surface area contributed by atoms with Gasteiger partial charge >= 0.3 is 204 Å². The van der Waals surface area contributed by atoms with Crippen molar-refractivity contribution >= 4 is 30.6 Å². The maximum atomic E-state index is 12.2. The van der Waals surface area contributed by atoms with E-state index in [2.05, 4.69) is 20.0 Å². The quantitative estimate of drug-likeness (QED) is 0.479. The molecule has 4 aliphatic heterocycles. The Morgan fingerprint density at radius 3 is 2.61 bits per heavy atom. The Labute approximate surface area is 204 Å². The predicted octanol–water partition coefficient (Wildman–Crippen LogP) is 1.59. The van der Waals surface area contributed by atoms with Crippen LogP contribution in [0, 0.1) is 0 Å². The summed E-state index contributed by atoms with van der Waals surface area (Å²) in [6, 6.07) is 6.98. The third-order valence-corrected chi connectivity index (χ3v) is 9.16. The first kappa shape index (κ1) is 22.1. The molecule has 14 nitrogen and oxygen atoms in total. The Hall–Kier alpha value is -3.13. The number of ether oxygens (including phenoxy) is 3. The number of nitrogens with one attached hydrogen (secondary N) is 1. The number of benzene rings is 1. The summed E-state index contributed by atoms with van der Waals surface area (Å²) in [7, 11) is -4.50. The van der Waals surface area contributed by atoms with Crippen LogP contribution in [-0.2, 0) is 28.1 Å². The molecule has 2 aromatic heterocycles. The van der Waals surface area contributed by atoms with Gasteiger partial charge in [-0.25, -0.2) is 0 Å². The fraction of sp³-hybridized carbons (Fsp3) is 0.429. The molecule has 0 bridgehead atoms. The van der Waals surface area contributed by atoms with Gasteiger partial charge in [0.15, 0.2) is 0 Å². The zero-order valence-corrected chi connectivity index (χ0v) is 20.2. The maximum absolute atomic E-state index is 12.2. The zero-order chi connectivity index (χ0) is 24.7. The van der Waals surface area contributed by atoms with E-state index in [1.807, 2.05) is 13.8 Å². The standard InChI is InChI=1S/C21H23N6O8P/c1-21(2)31-16-13(30-20(17(16)32-21)27-10-25-15-18(22)23-9-24-19(15)27)8-29-36(26-7-14(28)35-36)33-11-5-3-4-6-12(11)34-36/h3-6,9-10,13,16-17,20,26H,7-8H2,1-2H3,(H2,22,23,24)/t13-,16-,17-,20-/m1/s1. The van der Waals surface area contributed by atoms with Gasteiger partial charge in [-0.1, -0.05) is 0 Å². The SMILES string of the molecule is CC1(C)O[C@@H]2[C@H](O1)[C@@H](COP13(NCC(=O)O1)Oc1ccccc1O3)O[C@H]2n1cnc2c(N)ncnc21. The molecular formula is C21H23N6O8P. The molecule has 3 saturated heterocycles. The molecule has 3 N–H and O–H groups in total. The number of nitrogens with zero attached hydrogens (tertiary/aromatic N) is 4. The summed E-state index contributed by atoms with van der Waals surface area (Å²) in [5, 5.41) is 2.93. The van der Waals surface area contributed by atoms with Gasteiger partial charge in [0.2, 0.25) is 0 Å². The second-order valence-corrected chi connectivity index (χ2v) is 12.0. The third kappa shape index (κ3) is 3.19. The van der Waals surface area contributed by atoms with E-state index in [1.165, 1.54) is 6.33 Å². The van der Waals surface area contributed by atoms with Gasteiger partial charge in [0.25, 0.3) is 0 Å². The van der Waals surface area contributed by atoms with E-state index in [4.69, 9.17) is 38.0 Å². The molecule has 3 aromatic rings. The van der Waals surface area contributed by atoms with Crippen molar-refractivity contribution in [3.63, 3.8) is 0 Å². The van der Waals surface area contributed by atoms with Crippen LogP contribution >= 0.6 is 7.66 Å². The van der Waals surface area contributed by atoms with Gasteiger partial charge in [-0.2, -0.15) is 0 Å². The molecular weight excluding hydrogens is 495 g/mol. The van der Waals surface area contributed by atoms with E-state index in [-0.39, 0.29) is 19.0 Å². The Kier molecular flexibility index (Phi) is 4.43. The molecule has 36 heavy (non-hydrogen) atoms. The Bertz CT molecular complexity index is 1370. The van der Waals surface area contributed by atoms with E-state index in [1.54, 1.807) is 35.2 Å². The van der Waals surface area contributed by atoms with Crippen molar-refractivity contribution in [2.75, 3.05) is 18.9 Å². The zero-order valence-electron chi connectivity index (χ0n) is 19.3. The second-order valence-electron chi connectivity index (χ2n) is 9.25. The van der Waals surface area contributed by atoms with Crippen LogP contribution in [0.4, 0.5) is 5.82 Å². The van der Waals surface area contributed by atoms with E-state index in [0.717, 1.165) is 0 Å². The number of para-hydroxylation sites is 2. The van der Waals surface area contributed by atoms with Gasteiger partial charge in [0, 0.05) is 0 Å². The monoisotopic (exact) mass is 518 g/mol. The van der Waals surface area contributed by atoms with Crippen molar-refractivity contribution in [1.82, 2.24) is 24.6 Å². The summed E-state index contributed by atoms with van der Waals surface area (Å²) in [4.78, 5) is 24.8. The average Bonchev–Trinajstić information content (AvgIpc) is 3.61. The van der Waals surface area contributed by atoms with Crippen LogP contribution < -0.4 is 19.9 Å². The van der Waals surface area contributed by atoms with Crippen LogP contribution in [0.15, 0.2) is 36.9 Å². The molecule has 0 amide bonds. The van der Waals surface area contributed by atoms with Gasteiger partial charge in [-0.3, -0.25) is 0 Å². The summed E-state index contributed by atoms with van der Waals surface area (Å²) in [5.41, 5.74) is 6.91. The van der Waals surface area contributed by atoms with Crippen molar-refractivity contribution in [2.45, 2.75) is 44.2 Å². The van der Waals surface area contributed by atoms with Gasteiger partial charge in [-0.05, 0) is 0 Å². The van der Waals surface area contributed by atoms with Crippen molar-refractivity contribution in [2.24, 2.45) is 0 Å². The van der Waals surface area contributed by atoms with Gasteiger partial charge in [0.1, 0.15) is 0 Å². The van der Waals surface area contributed by atoms with Gasteiger partial charge in [0.05, 0.1) is 0 Å². The first-order valence-electron chi connectivity index (χ1n) is 11.3. The van der Waals surface area contributed by atoms with Gasteiger partial charge < -0.3 is 0 Å². The normalized spacial score (nSPS) is 31.8. The van der Waals surface area contributed by atoms with Crippen LogP contribution in [-0.4, -0.2) is 62.7 Å². The molecule has 190 valence electrons. The number of hydrogen-bond acceptors (Lipinski definition) is 13. The van der Waals surface area contributed by atoms with E-state index < -0.39 is 44.0 Å². The molecule has 1 aromatic carbocycles. The van der Waals surface area contributed by atoms with Crippen molar-refractivity contribution < 1.29 is 37.1 Å². The molecule has 0 unspecified atom stereocenters. The number of fused-ring (bicyclic) bond motifs is 3. The molecule has 0 aliphatic carbocycles. The van der Waals surface area contributed by atoms with Crippen molar-refractivity contribution in [1.29, 1.82) is 0 Å². The van der Waals surface area contributed by atoms with E-state index >= 15 is 0 Å². The molecule has 0 radical (unpaired) electrons. The molecule has 6 heterocycles. The minimum absolute atomic E-state index is 0.0903. The van der Waals surface area contributed by atoms with E-state index in [0.29, 0.717) is 22.7 Å². The summed E-state index contributed by atoms with van der Waals surface area (Å²) in [5.74, 6) is -0.352. The number of nitrogen functional groups attached to an aromatic ring is 1. The summed E-state index contributed by atoms with van der Waals surface area (Å²) >= 11 is 0. The molecule has 3 fully saturated rings. The molecule has 4 atom stereocenters. The van der Waals surface area contributed by atoms with Crippen LogP contribution in [0.25, 0.3) is 11.2 Å². The van der Waals surface area contributed by atoms with Crippen LogP contribution in [0.5, 0.6) is 11.5 Å². The fourth-order valence-corrected chi connectivity index (χ4v) is 7.64. The first-order chi connectivity index (χ1) is 17.2. The first-order valence-corrected chi connectivity index (χ1v) is 13.2. The minimum atomic E-state index is -4.50. The van der Waals surface area contributed by atoms with Gasteiger partial charge in [-0.15, -0.1) is 0 Å². The molecule has 0 saturated carbocycles. The van der Waals surface area contributed by atoms with Crippen molar-refractivity contribution in [3.05, 3.63) is 36.9 Å². The Morgan fingerprint density at radius 1 is 1.14 bits per heavy atom. The summed E-state index contributed by atoms with van der Waals surface area (Å²) in [6.07, 6.45) is 0.595. The number of hydrogen-bond donors (Lipinski definition) is 2. The van der Waals surface area contributed by atoms with E-state index in [9.17, 15) is 4.79 Å². The number of carbonyl (C=O) groups excluding carboxylic acids is 1.